The van der Waals surface area contributed by atoms with Crippen molar-refractivity contribution in [2.45, 2.75) is 71.6 Å². The Morgan fingerprint density at radius 3 is 1.92 bits per heavy atom. The lowest BCUT2D eigenvalue weighted by molar-refractivity contribution is -0.122. The van der Waals surface area contributed by atoms with E-state index in [0.29, 0.717) is 48.2 Å². The summed E-state index contributed by atoms with van der Waals surface area (Å²) in [6.45, 7) is 11.4. The molecule has 4 aromatic rings. The Labute approximate surface area is 284 Å². The van der Waals surface area contributed by atoms with Gasteiger partial charge in [-0.3, -0.25) is 20.2 Å². The lowest BCUT2D eigenvalue weighted by Gasteiger charge is -2.35. The molecular weight excluding hydrogens is 624 g/mol. The number of likely N-dealkylation sites (tertiary alicyclic amines) is 1. The van der Waals surface area contributed by atoms with Crippen molar-refractivity contribution in [3.8, 4) is 0 Å². The second-order valence-electron chi connectivity index (χ2n) is 14.4. The highest BCUT2D eigenvalue weighted by Gasteiger charge is 2.36. The van der Waals surface area contributed by atoms with Crippen LogP contribution in [0.5, 0.6) is 0 Å². The first-order valence-electron chi connectivity index (χ1n) is 16.4. The maximum absolute atomic E-state index is 13.5. The van der Waals surface area contributed by atoms with Gasteiger partial charge < -0.3 is 23.5 Å². The fourth-order valence-corrected chi connectivity index (χ4v) is 6.52. The van der Waals surface area contributed by atoms with Crippen molar-refractivity contribution in [3.63, 3.8) is 0 Å². The van der Waals surface area contributed by atoms with Crippen molar-refractivity contribution >= 4 is 62.9 Å². The summed E-state index contributed by atoms with van der Waals surface area (Å²) >= 11 is 0. The van der Waals surface area contributed by atoms with E-state index in [0.717, 1.165) is 21.8 Å². The smallest absolute Gasteiger partial charge is 0.437 e. The standard InChI is InChI=1S/C37H42N6O6/c1-36(2,3)48-34(46)39-33(40-35(47)49-37(4,5)6)42-18-16-22(17-19-42)43-21-26(24-13-9-11-15-28(24)43)30-29(31(44)38-32(30)45)25-20-41(7)27-14-10-8-12-23(25)27/h8-15,20-22H,16-19H2,1-7H3,(H,38,44,45)(H,39,40,46,47). The molecule has 2 aliphatic heterocycles. The van der Waals surface area contributed by atoms with Gasteiger partial charge in [-0.25, -0.2) is 9.59 Å². The highest BCUT2D eigenvalue weighted by molar-refractivity contribution is 6.50. The first kappa shape index (κ1) is 33.5. The molecule has 0 atom stereocenters. The predicted octanol–water partition coefficient (Wildman–Crippen LogP) is 6.15. The van der Waals surface area contributed by atoms with Crippen LogP contribution < -0.4 is 10.6 Å². The number of amides is 4. The van der Waals surface area contributed by atoms with E-state index in [2.05, 4.69) is 20.2 Å². The van der Waals surface area contributed by atoms with Gasteiger partial charge in [-0.1, -0.05) is 36.4 Å². The third-order valence-corrected chi connectivity index (χ3v) is 8.47. The number of guanidine groups is 1. The molecule has 0 unspecified atom stereocenters. The van der Waals surface area contributed by atoms with Crippen LogP contribution in [0.15, 0.2) is 65.9 Å². The van der Waals surface area contributed by atoms with Crippen LogP contribution in [0.25, 0.3) is 33.0 Å². The number of carbonyl (C=O) groups excluding carboxylic acids is 4. The van der Waals surface area contributed by atoms with Crippen LogP contribution in [0.1, 0.15) is 71.6 Å². The van der Waals surface area contributed by atoms with Crippen LogP contribution in [0, 0.1) is 0 Å². The van der Waals surface area contributed by atoms with Crippen LogP contribution in [0.2, 0.25) is 0 Å². The summed E-state index contributed by atoms with van der Waals surface area (Å²) in [5, 5.41) is 6.95. The van der Waals surface area contributed by atoms with Crippen molar-refractivity contribution in [2.24, 2.45) is 12.0 Å². The number of rotatable bonds is 3. The van der Waals surface area contributed by atoms with Crippen LogP contribution >= 0.6 is 0 Å². The van der Waals surface area contributed by atoms with E-state index in [1.165, 1.54) is 0 Å². The fraction of sp³-hybridized carbons (Fsp3) is 0.378. The minimum absolute atomic E-state index is 0.0148. The van der Waals surface area contributed by atoms with E-state index in [1.54, 1.807) is 41.5 Å². The summed E-state index contributed by atoms with van der Waals surface area (Å²) in [7, 11) is 1.92. The number of hydrogen-bond donors (Lipinski definition) is 2. The van der Waals surface area contributed by atoms with Gasteiger partial charge in [-0.05, 0) is 66.5 Å². The first-order chi connectivity index (χ1) is 23.1. The number of piperidine rings is 1. The van der Waals surface area contributed by atoms with E-state index in [4.69, 9.17) is 9.47 Å². The number of para-hydroxylation sites is 2. The Morgan fingerprint density at radius 1 is 0.796 bits per heavy atom. The quantitative estimate of drug-likeness (QED) is 0.152. The average molecular weight is 667 g/mol. The maximum atomic E-state index is 13.5. The molecule has 4 heterocycles. The molecule has 2 aromatic heterocycles. The lowest BCUT2D eigenvalue weighted by atomic mass is 9.95. The number of nitrogens with zero attached hydrogens (tertiary/aromatic N) is 4. The number of alkyl carbamates (subject to hydrolysis) is 1. The van der Waals surface area contributed by atoms with Gasteiger partial charge in [0, 0.05) is 71.5 Å². The monoisotopic (exact) mass is 666 g/mol. The van der Waals surface area contributed by atoms with Crippen LogP contribution in [-0.4, -0.2) is 68.3 Å². The number of benzene rings is 2. The number of hydrogen-bond acceptors (Lipinski definition) is 6. The second kappa shape index (κ2) is 12.6. The molecule has 12 nitrogen and oxygen atoms in total. The Kier molecular flexibility index (Phi) is 8.60. The molecule has 12 heteroatoms. The second-order valence-corrected chi connectivity index (χ2v) is 14.4. The fourth-order valence-electron chi connectivity index (χ4n) is 6.52. The Bertz CT molecular complexity index is 2050. The highest BCUT2D eigenvalue weighted by Crippen LogP contribution is 2.40. The van der Waals surface area contributed by atoms with E-state index >= 15 is 0 Å². The Morgan fingerprint density at radius 2 is 1.33 bits per heavy atom. The summed E-state index contributed by atoms with van der Waals surface area (Å²) in [5.74, 6) is -0.788. The minimum atomic E-state index is -0.818. The average Bonchev–Trinajstić information content (AvgIpc) is 3.65. The van der Waals surface area contributed by atoms with Crippen molar-refractivity contribution in [1.29, 1.82) is 0 Å². The molecule has 0 saturated carbocycles. The van der Waals surface area contributed by atoms with Crippen LogP contribution in [0.4, 0.5) is 9.59 Å². The number of fused-ring (bicyclic) bond motifs is 2. The molecule has 1 fully saturated rings. The van der Waals surface area contributed by atoms with E-state index in [1.807, 2.05) is 77.4 Å². The summed E-state index contributed by atoms with van der Waals surface area (Å²) in [5.41, 5.74) is 2.48. The summed E-state index contributed by atoms with van der Waals surface area (Å²) in [4.78, 5) is 58.3. The van der Waals surface area contributed by atoms with Gasteiger partial charge in [-0.2, -0.15) is 0 Å². The van der Waals surface area contributed by atoms with Crippen LogP contribution in [0.3, 0.4) is 0 Å². The van der Waals surface area contributed by atoms with Gasteiger partial charge in [-0.15, -0.1) is 4.99 Å². The molecule has 4 amide bonds. The minimum Gasteiger partial charge on any atom is -0.444 e. The number of aryl methyl sites for hydroxylation is 1. The lowest BCUT2D eigenvalue weighted by Crippen LogP contribution is -2.49. The SMILES string of the molecule is Cn1cc(C2=C(c3cn(C4CCN(C(=NC(=O)OC(C)(C)C)NC(=O)OC(C)(C)C)CC4)c4ccccc34)C(=O)NC2=O)c2ccccc21. The Balaban J connectivity index is 1.33. The van der Waals surface area contributed by atoms with Gasteiger partial charge >= 0.3 is 12.2 Å². The zero-order chi connectivity index (χ0) is 35.2. The number of carbonyl (C=O) groups is 4. The zero-order valence-electron chi connectivity index (χ0n) is 28.9. The van der Waals surface area contributed by atoms with Gasteiger partial charge in [0.05, 0.1) is 11.1 Å². The Hall–Kier alpha value is -5.39. The van der Waals surface area contributed by atoms with Crippen molar-refractivity contribution in [1.82, 2.24) is 24.7 Å². The molecule has 0 spiro atoms. The van der Waals surface area contributed by atoms with E-state index in [-0.39, 0.29) is 12.0 Å². The molecule has 0 bridgehead atoms. The van der Waals surface area contributed by atoms with Gasteiger partial charge in [0.25, 0.3) is 11.8 Å². The maximum Gasteiger partial charge on any atom is 0.437 e. The summed E-state index contributed by atoms with van der Waals surface area (Å²) in [6, 6.07) is 15.7. The molecular formula is C37H42N6O6. The molecule has 256 valence electrons. The molecule has 2 N–H and O–H groups in total. The van der Waals surface area contributed by atoms with Crippen molar-refractivity contribution in [3.05, 3.63) is 72.1 Å². The largest absolute Gasteiger partial charge is 0.444 e. The summed E-state index contributed by atoms with van der Waals surface area (Å²) < 4.78 is 15.0. The normalized spacial score (nSPS) is 16.5. The molecule has 0 aliphatic carbocycles. The molecule has 2 aliphatic rings. The van der Waals surface area contributed by atoms with Crippen LogP contribution in [-0.2, 0) is 26.1 Å². The van der Waals surface area contributed by atoms with Gasteiger partial charge in [0.15, 0.2) is 0 Å². The van der Waals surface area contributed by atoms with Gasteiger partial charge in [0.2, 0.25) is 5.96 Å². The third kappa shape index (κ3) is 6.94. The van der Waals surface area contributed by atoms with E-state index in [9.17, 15) is 19.2 Å². The van der Waals surface area contributed by atoms with E-state index < -0.39 is 35.2 Å². The molecule has 1 saturated heterocycles. The number of nitrogens with one attached hydrogen (secondary N) is 2. The first-order valence-corrected chi connectivity index (χ1v) is 16.4. The predicted molar refractivity (Wildman–Crippen MR) is 188 cm³/mol. The van der Waals surface area contributed by atoms with Crippen molar-refractivity contribution in [2.75, 3.05) is 13.1 Å². The molecule has 49 heavy (non-hydrogen) atoms. The van der Waals surface area contributed by atoms with Crippen molar-refractivity contribution < 1.29 is 28.7 Å². The number of aliphatic imine (C=N–C) groups is 1. The molecule has 2 aromatic carbocycles. The number of aromatic nitrogens is 2. The number of ether oxygens (including phenoxy) is 2. The topological polar surface area (TPSA) is 136 Å². The highest BCUT2D eigenvalue weighted by atomic mass is 16.6. The molecule has 0 radical (unpaired) electrons. The van der Waals surface area contributed by atoms with Gasteiger partial charge in [0.1, 0.15) is 11.2 Å². The number of imide groups is 1. The zero-order valence-corrected chi connectivity index (χ0v) is 28.9. The third-order valence-electron chi connectivity index (χ3n) is 8.47. The summed E-state index contributed by atoms with van der Waals surface area (Å²) in [6.07, 6.45) is 3.61. The molecule has 6 rings (SSSR count).